The molecule has 1 amide bonds. The number of ether oxygens (including phenoxy) is 1. The van der Waals surface area contributed by atoms with Gasteiger partial charge in [-0.15, -0.1) is 0 Å². The first-order valence-electron chi connectivity index (χ1n) is 8.04. The Morgan fingerprint density at radius 3 is 2.50 bits per heavy atom. The molecule has 0 aliphatic heterocycles. The van der Waals surface area contributed by atoms with E-state index in [0.717, 1.165) is 33.5 Å². The van der Waals surface area contributed by atoms with Gasteiger partial charge in [0.25, 0.3) is 5.91 Å². The molecule has 0 spiro atoms. The van der Waals surface area contributed by atoms with E-state index in [1.54, 1.807) is 0 Å². The minimum absolute atomic E-state index is 0.237. The highest BCUT2D eigenvalue weighted by Gasteiger charge is 2.19. The number of aryl methyl sites for hydroxylation is 3. The van der Waals surface area contributed by atoms with E-state index in [-0.39, 0.29) is 5.91 Å². The van der Waals surface area contributed by atoms with E-state index in [4.69, 9.17) is 9.15 Å². The number of carbonyl (C=O) groups is 1. The Morgan fingerprint density at radius 2 is 1.83 bits per heavy atom. The number of benzene rings is 2. The van der Waals surface area contributed by atoms with Gasteiger partial charge < -0.3 is 14.5 Å². The number of hydrogen-bond acceptors (Lipinski definition) is 3. The zero-order valence-electron chi connectivity index (χ0n) is 14.4. The molecule has 2 aromatic carbocycles. The van der Waals surface area contributed by atoms with Crippen molar-refractivity contribution in [1.82, 2.24) is 0 Å². The van der Waals surface area contributed by atoms with Crippen molar-refractivity contribution in [2.75, 3.05) is 11.9 Å². The van der Waals surface area contributed by atoms with Crippen LogP contribution in [-0.2, 0) is 0 Å². The summed E-state index contributed by atoms with van der Waals surface area (Å²) >= 11 is 0. The van der Waals surface area contributed by atoms with Crippen LogP contribution in [0.2, 0.25) is 0 Å². The molecule has 24 heavy (non-hydrogen) atoms. The highest BCUT2D eigenvalue weighted by Crippen LogP contribution is 2.30. The minimum Gasteiger partial charge on any atom is -0.494 e. The number of carbonyl (C=O) groups excluding carboxylic acids is 1. The van der Waals surface area contributed by atoms with Crippen LogP contribution in [0, 0.1) is 20.8 Å². The smallest absolute Gasteiger partial charge is 0.291 e. The molecule has 0 unspecified atom stereocenters. The predicted octanol–water partition coefficient (Wildman–Crippen LogP) is 5.01. The van der Waals surface area contributed by atoms with Gasteiger partial charge in [-0.3, -0.25) is 4.79 Å². The first kappa shape index (κ1) is 16.1. The van der Waals surface area contributed by atoms with Crippen LogP contribution in [0.15, 0.2) is 40.8 Å². The summed E-state index contributed by atoms with van der Waals surface area (Å²) in [5, 5.41) is 3.87. The van der Waals surface area contributed by atoms with Crippen LogP contribution < -0.4 is 10.1 Å². The summed E-state index contributed by atoms with van der Waals surface area (Å²) in [4.78, 5) is 12.7. The molecule has 0 aliphatic rings. The standard InChI is InChI=1S/C20H21NO3/c1-5-23-15-9-10-17-16(11-15)14(4)19(24-17)20(22)21-18-12(2)7-6-8-13(18)3/h6-11H,5H2,1-4H3,(H,21,22). The zero-order chi connectivity index (χ0) is 17.3. The van der Waals surface area contributed by atoms with Crippen molar-refractivity contribution in [2.45, 2.75) is 27.7 Å². The van der Waals surface area contributed by atoms with Crippen molar-refractivity contribution >= 4 is 22.6 Å². The second kappa shape index (κ2) is 6.40. The first-order valence-corrected chi connectivity index (χ1v) is 8.04. The van der Waals surface area contributed by atoms with E-state index in [1.165, 1.54) is 0 Å². The molecule has 124 valence electrons. The van der Waals surface area contributed by atoms with Gasteiger partial charge in [0.1, 0.15) is 11.3 Å². The van der Waals surface area contributed by atoms with Crippen molar-refractivity contribution < 1.29 is 13.9 Å². The number of hydrogen-bond donors (Lipinski definition) is 1. The molecule has 0 aliphatic carbocycles. The highest BCUT2D eigenvalue weighted by atomic mass is 16.5. The van der Waals surface area contributed by atoms with E-state index >= 15 is 0 Å². The van der Waals surface area contributed by atoms with Crippen LogP contribution in [0.25, 0.3) is 11.0 Å². The third-order valence-corrected chi connectivity index (χ3v) is 4.14. The summed E-state index contributed by atoms with van der Waals surface area (Å²) in [5.74, 6) is 0.871. The molecular formula is C20H21NO3. The molecule has 1 N–H and O–H groups in total. The summed E-state index contributed by atoms with van der Waals surface area (Å²) in [5.41, 5.74) is 4.38. The molecule has 0 atom stereocenters. The molecule has 0 radical (unpaired) electrons. The summed E-state index contributed by atoms with van der Waals surface area (Å²) in [6.45, 7) is 8.38. The fourth-order valence-electron chi connectivity index (χ4n) is 2.85. The molecular weight excluding hydrogens is 302 g/mol. The maximum absolute atomic E-state index is 12.7. The second-order valence-corrected chi connectivity index (χ2v) is 5.87. The average Bonchev–Trinajstić information content (AvgIpc) is 2.88. The lowest BCUT2D eigenvalue weighted by Crippen LogP contribution is -2.14. The number of anilines is 1. The summed E-state index contributed by atoms with van der Waals surface area (Å²) in [7, 11) is 0. The molecule has 0 fully saturated rings. The van der Waals surface area contributed by atoms with Crippen molar-refractivity contribution in [3.8, 4) is 5.75 Å². The second-order valence-electron chi connectivity index (χ2n) is 5.87. The maximum Gasteiger partial charge on any atom is 0.291 e. The number of amides is 1. The van der Waals surface area contributed by atoms with E-state index < -0.39 is 0 Å². The van der Waals surface area contributed by atoms with Crippen molar-refractivity contribution in [2.24, 2.45) is 0 Å². The van der Waals surface area contributed by atoms with E-state index in [9.17, 15) is 4.79 Å². The molecule has 1 aromatic heterocycles. The largest absolute Gasteiger partial charge is 0.494 e. The Balaban J connectivity index is 1.97. The predicted molar refractivity (Wildman–Crippen MR) is 96.0 cm³/mol. The fourth-order valence-corrected chi connectivity index (χ4v) is 2.85. The van der Waals surface area contributed by atoms with Gasteiger partial charge in [0.2, 0.25) is 0 Å². The summed E-state index contributed by atoms with van der Waals surface area (Å²) in [6, 6.07) is 11.5. The van der Waals surface area contributed by atoms with Gasteiger partial charge >= 0.3 is 0 Å². The van der Waals surface area contributed by atoms with Crippen molar-refractivity contribution in [1.29, 1.82) is 0 Å². The molecule has 0 bridgehead atoms. The minimum atomic E-state index is -0.237. The zero-order valence-corrected chi connectivity index (χ0v) is 14.4. The van der Waals surface area contributed by atoms with Crippen molar-refractivity contribution in [3.63, 3.8) is 0 Å². The van der Waals surface area contributed by atoms with Gasteiger partial charge in [-0.1, -0.05) is 18.2 Å². The first-order chi connectivity index (χ1) is 11.5. The van der Waals surface area contributed by atoms with Gasteiger partial charge in [-0.05, 0) is 57.0 Å². The Labute approximate surface area is 141 Å². The molecule has 0 saturated carbocycles. The lowest BCUT2D eigenvalue weighted by atomic mass is 10.1. The summed E-state index contributed by atoms with van der Waals surface area (Å²) in [6.07, 6.45) is 0. The van der Waals surface area contributed by atoms with Gasteiger partial charge in [-0.2, -0.15) is 0 Å². The van der Waals surface area contributed by atoms with E-state index in [1.807, 2.05) is 64.1 Å². The monoisotopic (exact) mass is 323 g/mol. The number of rotatable bonds is 4. The third kappa shape index (κ3) is 2.87. The maximum atomic E-state index is 12.7. The topological polar surface area (TPSA) is 51.5 Å². The molecule has 1 heterocycles. The Kier molecular flexibility index (Phi) is 4.30. The molecule has 4 nitrogen and oxygen atoms in total. The van der Waals surface area contributed by atoms with E-state index in [0.29, 0.717) is 18.0 Å². The Hall–Kier alpha value is -2.75. The number of fused-ring (bicyclic) bond motifs is 1. The number of nitrogens with one attached hydrogen (secondary N) is 1. The third-order valence-electron chi connectivity index (χ3n) is 4.14. The van der Waals surface area contributed by atoms with Crippen LogP contribution in [0.3, 0.4) is 0 Å². The molecule has 4 heteroatoms. The van der Waals surface area contributed by atoms with Crippen LogP contribution >= 0.6 is 0 Å². The van der Waals surface area contributed by atoms with Crippen LogP contribution in [0.5, 0.6) is 5.75 Å². The highest BCUT2D eigenvalue weighted by molar-refractivity contribution is 6.07. The van der Waals surface area contributed by atoms with Crippen molar-refractivity contribution in [3.05, 3.63) is 58.8 Å². The van der Waals surface area contributed by atoms with Crippen LogP contribution in [-0.4, -0.2) is 12.5 Å². The van der Waals surface area contributed by atoms with E-state index in [2.05, 4.69) is 5.32 Å². The number of furan rings is 1. The van der Waals surface area contributed by atoms with Gasteiger partial charge in [-0.25, -0.2) is 0 Å². The Bertz CT molecular complexity index is 888. The SMILES string of the molecule is CCOc1ccc2oc(C(=O)Nc3c(C)cccc3C)c(C)c2c1. The quantitative estimate of drug-likeness (QED) is 0.734. The van der Waals surface area contributed by atoms with Gasteiger partial charge in [0, 0.05) is 16.6 Å². The average molecular weight is 323 g/mol. The normalized spacial score (nSPS) is 10.8. The van der Waals surface area contributed by atoms with Gasteiger partial charge in [0.05, 0.1) is 6.61 Å². The Morgan fingerprint density at radius 1 is 1.12 bits per heavy atom. The molecule has 0 saturated heterocycles. The lowest BCUT2D eigenvalue weighted by Gasteiger charge is -2.10. The lowest BCUT2D eigenvalue weighted by molar-refractivity contribution is 0.0997. The molecule has 3 rings (SSSR count). The van der Waals surface area contributed by atoms with Crippen LogP contribution in [0.1, 0.15) is 34.2 Å². The summed E-state index contributed by atoms with van der Waals surface area (Å²) < 4.78 is 11.3. The van der Waals surface area contributed by atoms with Crippen LogP contribution in [0.4, 0.5) is 5.69 Å². The van der Waals surface area contributed by atoms with Gasteiger partial charge in [0.15, 0.2) is 5.76 Å². The molecule has 3 aromatic rings. The fraction of sp³-hybridized carbons (Fsp3) is 0.250. The number of para-hydroxylation sites is 1.